The minimum atomic E-state index is -0.216. The Labute approximate surface area is 110 Å². The molecule has 0 radical (unpaired) electrons. The Balaban J connectivity index is 1.88. The first-order valence-corrected chi connectivity index (χ1v) is 7.44. The molecule has 2 atom stereocenters. The summed E-state index contributed by atoms with van der Waals surface area (Å²) in [4.78, 5) is 0. The number of aromatic nitrogens is 1. The molecule has 3 rings (SSSR count). The topological polar surface area (TPSA) is 25.2 Å². The highest BCUT2D eigenvalue weighted by atomic mass is 16.3. The normalized spacial score (nSPS) is 31.1. The first kappa shape index (κ1) is 12.3. The number of nitrogens with zero attached hydrogens (tertiary/aromatic N) is 1. The Morgan fingerprint density at radius 1 is 1.28 bits per heavy atom. The van der Waals surface area contributed by atoms with Gasteiger partial charge in [-0.1, -0.05) is 20.3 Å². The van der Waals surface area contributed by atoms with E-state index in [2.05, 4.69) is 30.7 Å². The van der Waals surface area contributed by atoms with Gasteiger partial charge in [0, 0.05) is 23.5 Å². The van der Waals surface area contributed by atoms with E-state index in [0.29, 0.717) is 11.5 Å². The van der Waals surface area contributed by atoms with E-state index in [1.807, 2.05) is 0 Å². The molecule has 1 fully saturated rings. The van der Waals surface area contributed by atoms with Crippen molar-refractivity contribution in [3.8, 4) is 0 Å². The van der Waals surface area contributed by atoms with Gasteiger partial charge in [0.1, 0.15) is 0 Å². The number of rotatable bonds is 1. The number of hydrogen-bond donors (Lipinski definition) is 1. The van der Waals surface area contributed by atoms with E-state index >= 15 is 0 Å². The maximum absolute atomic E-state index is 10.1. The fourth-order valence-corrected chi connectivity index (χ4v) is 3.93. The maximum atomic E-state index is 10.1. The molecule has 2 unspecified atom stereocenters. The fourth-order valence-electron chi connectivity index (χ4n) is 3.93. The van der Waals surface area contributed by atoms with Gasteiger partial charge in [0.2, 0.25) is 0 Å². The third kappa shape index (κ3) is 2.11. The average molecular weight is 247 g/mol. The zero-order chi connectivity index (χ0) is 12.8. The second kappa shape index (κ2) is 4.41. The van der Waals surface area contributed by atoms with Crippen molar-refractivity contribution in [2.45, 2.75) is 70.9 Å². The summed E-state index contributed by atoms with van der Waals surface area (Å²) in [5.41, 5.74) is 3.09. The number of aliphatic hydroxyl groups excluding tert-OH is 1. The molecule has 0 amide bonds. The van der Waals surface area contributed by atoms with Crippen LogP contribution in [0.2, 0.25) is 0 Å². The van der Waals surface area contributed by atoms with Gasteiger partial charge in [0.25, 0.3) is 0 Å². The van der Waals surface area contributed by atoms with E-state index in [0.717, 1.165) is 19.3 Å². The summed E-state index contributed by atoms with van der Waals surface area (Å²) in [6.07, 6.45) is 10.5. The van der Waals surface area contributed by atoms with Crippen molar-refractivity contribution < 1.29 is 5.11 Å². The number of aliphatic hydroxyl groups is 1. The van der Waals surface area contributed by atoms with E-state index in [1.165, 1.54) is 36.9 Å². The SMILES string of the molecule is CC1(C)CCCC(n2ccc3c2CCCC3O)C1. The molecular formula is C16H25NO. The molecule has 1 aromatic rings. The number of hydrogen-bond acceptors (Lipinski definition) is 1. The van der Waals surface area contributed by atoms with Crippen molar-refractivity contribution >= 4 is 0 Å². The van der Waals surface area contributed by atoms with Gasteiger partial charge in [-0.15, -0.1) is 0 Å². The van der Waals surface area contributed by atoms with E-state index in [1.54, 1.807) is 0 Å². The van der Waals surface area contributed by atoms with Crippen molar-refractivity contribution in [1.82, 2.24) is 4.57 Å². The molecule has 0 saturated heterocycles. The van der Waals surface area contributed by atoms with Crippen LogP contribution in [0.5, 0.6) is 0 Å². The highest BCUT2D eigenvalue weighted by Crippen LogP contribution is 2.43. The standard InChI is InChI=1S/C16H25NO/c1-16(2)9-4-5-12(11-16)17-10-8-13-14(17)6-3-7-15(13)18/h8,10,12,15,18H,3-7,9,11H2,1-2H3. The van der Waals surface area contributed by atoms with Gasteiger partial charge in [-0.2, -0.15) is 0 Å². The van der Waals surface area contributed by atoms with Crippen LogP contribution in [-0.4, -0.2) is 9.67 Å². The van der Waals surface area contributed by atoms with E-state index in [9.17, 15) is 5.11 Å². The van der Waals surface area contributed by atoms with Gasteiger partial charge in [0.15, 0.2) is 0 Å². The second-order valence-electron chi connectivity index (χ2n) is 6.95. The van der Waals surface area contributed by atoms with Crippen LogP contribution in [-0.2, 0) is 6.42 Å². The predicted octanol–water partition coefficient (Wildman–Crippen LogP) is 4.00. The largest absolute Gasteiger partial charge is 0.388 e. The quantitative estimate of drug-likeness (QED) is 0.797. The first-order valence-electron chi connectivity index (χ1n) is 7.44. The maximum Gasteiger partial charge on any atom is 0.0807 e. The third-order valence-electron chi connectivity index (χ3n) is 4.88. The average Bonchev–Trinajstić information content (AvgIpc) is 2.73. The third-order valence-corrected chi connectivity index (χ3v) is 4.88. The lowest BCUT2D eigenvalue weighted by atomic mass is 9.75. The van der Waals surface area contributed by atoms with Crippen molar-refractivity contribution in [3.05, 3.63) is 23.5 Å². The molecule has 0 aliphatic heterocycles. The summed E-state index contributed by atoms with van der Waals surface area (Å²) in [7, 11) is 0. The molecule has 2 heteroatoms. The molecular weight excluding hydrogens is 222 g/mol. The van der Waals surface area contributed by atoms with Crippen LogP contribution in [0.1, 0.15) is 75.8 Å². The zero-order valence-electron chi connectivity index (χ0n) is 11.7. The lowest BCUT2D eigenvalue weighted by Crippen LogP contribution is -2.26. The van der Waals surface area contributed by atoms with Gasteiger partial charge in [-0.05, 0) is 50.0 Å². The van der Waals surface area contributed by atoms with Gasteiger partial charge in [0.05, 0.1) is 6.10 Å². The molecule has 0 aromatic carbocycles. The zero-order valence-corrected chi connectivity index (χ0v) is 11.7. The predicted molar refractivity (Wildman–Crippen MR) is 73.6 cm³/mol. The van der Waals surface area contributed by atoms with Crippen molar-refractivity contribution in [2.24, 2.45) is 5.41 Å². The second-order valence-corrected chi connectivity index (χ2v) is 6.95. The summed E-state index contributed by atoms with van der Waals surface area (Å²) in [6, 6.07) is 2.81. The van der Waals surface area contributed by atoms with E-state index in [4.69, 9.17) is 0 Å². The van der Waals surface area contributed by atoms with Gasteiger partial charge < -0.3 is 9.67 Å². The van der Waals surface area contributed by atoms with Gasteiger partial charge >= 0.3 is 0 Å². The molecule has 100 valence electrons. The Hall–Kier alpha value is -0.760. The molecule has 1 saturated carbocycles. The summed E-state index contributed by atoms with van der Waals surface area (Å²) < 4.78 is 2.48. The Kier molecular flexibility index (Phi) is 3.01. The summed E-state index contributed by atoms with van der Waals surface area (Å²) in [6.45, 7) is 4.79. The monoisotopic (exact) mass is 247 g/mol. The summed E-state index contributed by atoms with van der Waals surface area (Å²) in [5.74, 6) is 0. The van der Waals surface area contributed by atoms with Crippen molar-refractivity contribution in [3.63, 3.8) is 0 Å². The van der Waals surface area contributed by atoms with E-state index in [-0.39, 0.29) is 6.10 Å². The molecule has 1 heterocycles. The van der Waals surface area contributed by atoms with Crippen molar-refractivity contribution in [2.75, 3.05) is 0 Å². The molecule has 0 bridgehead atoms. The molecule has 1 N–H and O–H groups in total. The summed E-state index contributed by atoms with van der Waals surface area (Å²) >= 11 is 0. The highest BCUT2D eigenvalue weighted by molar-refractivity contribution is 5.28. The van der Waals surface area contributed by atoms with Crippen LogP contribution in [0.15, 0.2) is 12.3 Å². The highest BCUT2D eigenvalue weighted by Gasteiger charge is 2.31. The van der Waals surface area contributed by atoms with Crippen LogP contribution in [0.25, 0.3) is 0 Å². The van der Waals surface area contributed by atoms with Crippen LogP contribution >= 0.6 is 0 Å². The van der Waals surface area contributed by atoms with Crippen LogP contribution in [0.4, 0.5) is 0 Å². The molecule has 0 spiro atoms. The number of fused-ring (bicyclic) bond motifs is 1. The fraction of sp³-hybridized carbons (Fsp3) is 0.750. The Morgan fingerprint density at radius 2 is 2.11 bits per heavy atom. The molecule has 1 aromatic heterocycles. The van der Waals surface area contributed by atoms with Crippen LogP contribution < -0.4 is 0 Å². The summed E-state index contributed by atoms with van der Waals surface area (Å²) in [5, 5.41) is 10.1. The first-order chi connectivity index (χ1) is 8.57. The molecule has 2 aliphatic carbocycles. The van der Waals surface area contributed by atoms with Crippen molar-refractivity contribution in [1.29, 1.82) is 0 Å². The molecule has 18 heavy (non-hydrogen) atoms. The lowest BCUT2D eigenvalue weighted by molar-refractivity contribution is 0.151. The Morgan fingerprint density at radius 3 is 2.89 bits per heavy atom. The van der Waals surface area contributed by atoms with Gasteiger partial charge in [-0.25, -0.2) is 0 Å². The lowest BCUT2D eigenvalue weighted by Gasteiger charge is -2.37. The van der Waals surface area contributed by atoms with Crippen LogP contribution in [0, 0.1) is 5.41 Å². The van der Waals surface area contributed by atoms with E-state index < -0.39 is 0 Å². The molecule has 2 aliphatic rings. The molecule has 2 nitrogen and oxygen atoms in total. The van der Waals surface area contributed by atoms with Crippen LogP contribution in [0.3, 0.4) is 0 Å². The smallest absolute Gasteiger partial charge is 0.0807 e. The minimum Gasteiger partial charge on any atom is -0.388 e. The Bertz CT molecular complexity index is 432. The van der Waals surface area contributed by atoms with Gasteiger partial charge in [-0.3, -0.25) is 0 Å². The minimum absolute atomic E-state index is 0.216.